The quantitative estimate of drug-likeness (QED) is 0.681. The molecule has 0 radical (unpaired) electrons. The summed E-state index contributed by atoms with van der Waals surface area (Å²) in [4.78, 5) is 0. The molecule has 0 aliphatic carbocycles. The molecule has 2 atom stereocenters. The smallest absolute Gasteiger partial charge is 0.0704 e. The molecule has 0 aromatic heterocycles. The van der Waals surface area contributed by atoms with Gasteiger partial charge in [0.1, 0.15) is 0 Å². The van der Waals surface area contributed by atoms with Gasteiger partial charge in [-0.2, -0.15) is 0 Å². The Morgan fingerprint density at radius 2 is 2.31 bits per heavy atom. The molecule has 2 heteroatoms. The summed E-state index contributed by atoms with van der Waals surface area (Å²) in [6.45, 7) is 10.3. The topological polar surface area (TPSA) is 29.5 Å². The highest BCUT2D eigenvalue weighted by molar-refractivity contribution is 4.94. The third-order valence-electron chi connectivity index (χ3n) is 2.85. The first-order valence-electron chi connectivity index (χ1n) is 4.85. The number of hydrogen-bond acceptors (Lipinski definition) is 2. The van der Waals surface area contributed by atoms with Crippen LogP contribution in [0.4, 0.5) is 0 Å². The Kier molecular flexibility index (Phi) is 2.83. The summed E-state index contributed by atoms with van der Waals surface area (Å²) in [6, 6.07) is 0. The Morgan fingerprint density at radius 1 is 1.69 bits per heavy atom. The standard InChI is InChI=1S/C11H20O2/c1-5-6-11(4,12)9-7-10(2,3)13-8-9/h5,9,12H,1,6-8H2,2-4H3/t9-,11+/m1/s1. The molecule has 1 N–H and O–H groups in total. The van der Waals surface area contributed by atoms with Gasteiger partial charge in [-0.25, -0.2) is 0 Å². The first-order valence-corrected chi connectivity index (χ1v) is 4.85. The summed E-state index contributed by atoms with van der Waals surface area (Å²) >= 11 is 0. The minimum atomic E-state index is -0.657. The molecule has 0 bridgehead atoms. The van der Waals surface area contributed by atoms with Crippen molar-refractivity contribution in [1.29, 1.82) is 0 Å². The molecular weight excluding hydrogens is 164 g/mol. The fraction of sp³-hybridized carbons (Fsp3) is 0.818. The van der Waals surface area contributed by atoms with Crippen LogP contribution in [0, 0.1) is 5.92 Å². The van der Waals surface area contributed by atoms with Gasteiger partial charge < -0.3 is 9.84 Å². The van der Waals surface area contributed by atoms with Crippen LogP contribution in [0.1, 0.15) is 33.6 Å². The van der Waals surface area contributed by atoms with E-state index >= 15 is 0 Å². The van der Waals surface area contributed by atoms with Crippen LogP contribution in [-0.4, -0.2) is 22.9 Å². The Bertz CT molecular complexity index is 194. The second kappa shape index (κ2) is 3.43. The summed E-state index contributed by atoms with van der Waals surface area (Å²) in [7, 11) is 0. The molecule has 1 aliphatic rings. The Hall–Kier alpha value is -0.340. The van der Waals surface area contributed by atoms with Crippen LogP contribution in [-0.2, 0) is 4.74 Å². The van der Waals surface area contributed by atoms with Gasteiger partial charge in [-0.3, -0.25) is 0 Å². The van der Waals surface area contributed by atoms with E-state index in [0.717, 1.165) is 6.42 Å². The zero-order valence-corrected chi connectivity index (χ0v) is 8.84. The fourth-order valence-corrected chi connectivity index (χ4v) is 1.90. The van der Waals surface area contributed by atoms with Gasteiger partial charge in [0.05, 0.1) is 17.8 Å². The molecule has 1 rings (SSSR count). The summed E-state index contributed by atoms with van der Waals surface area (Å²) in [6.07, 6.45) is 3.33. The lowest BCUT2D eigenvalue weighted by Crippen LogP contribution is -2.34. The predicted octanol–water partition coefficient (Wildman–Crippen LogP) is 2.13. The Labute approximate surface area is 80.6 Å². The van der Waals surface area contributed by atoms with Crippen LogP contribution in [0.5, 0.6) is 0 Å². The molecule has 1 fully saturated rings. The highest BCUT2D eigenvalue weighted by atomic mass is 16.5. The second-order valence-corrected chi connectivity index (χ2v) is 4.82. The average molecular weight is 184 g/mol. The number of ether oxygens (including phenoxy) is 1. The summed E-state index contributed by atoms with van der Waals surface area (Å²) in [5, 5.41) is 10.1. The molecule has 1 aliphatic heterocycles. The van der Waals surface area contributed by atoms with E-state index in [0.29, 0.717) is 13.0 Å². The molecule has 76 valence electrons. The maximum absolute atomic E-state index is 10.1. The van der Waals surface area contributed by atoms with Gasteiger partial charge in [-0.15, -0.1) is 6.58 Å². The minimum Gasteiger partial charge on any atom is -0.389 e. The zero-order valence-electron chi connectivity index (χ0n) is 8.84. The third kappa shape index (κ3) is 2.55. The van der Waals surface area contributed by atoms with E-state index in [1.54, 1.807) is 6.08 Å². The molecule has 0 amide bonds. The minimum absolute atomic E-state index is 0.0736. The SMILES string of the molecule is C=CC[C@](C)(O)[C@H]1COC(C)(C)C1. The van der Waals surface area contributed by atoms with Crippen molar-refractivity contribution in [2.75, 3.05) is 6.61 Å². The van der Waals surface area contributed by atoms with Crippen molar-refractivity contribution in [3.8, 4) is 0 Å². The van der Waals surface area contributed by atoms with Crippen molar-refractivity contribution in [3.05, 3.63) is 12.7 Å². The zero-order chi connectivity index (χ0) is 10.1. The third-order valence-corrected chi connectivity index (χ3v) is 2.85. The summed E-state index contributed by atoms with van der Waals surface area (Å²) < 4.78 is 5.59. The highest BCUT2D eigenvalue weighted by Crippen LogP contribution is 2.37. The van der Waals surface area contributed by atoms with Gasteiger partial charge in [-0.05, 0) is 33.6 Å². The first kappa shape index (κ1) is 10.7. The van der Waals surface area contributed by atoms with Crippen LogP contribution in [0.3, 0.4) is 0 Å². The van der Waals surface area contributed by atoms with Gasteiger partial charge in [0.25, 0.3) is 0 Å². The van der Waals surface area contributed by atoms with Crippen molar-refractivity contribution in [3.63, 3.8) is 0 Å². The molecule has 1 saturated heterocycles. The number of aliphatic hydroxyl groups is 1. The summed E-state index contributed by atoms with van der Waals surface area (Å²) in [5.74, 6) is 0.237. The van der Waals surface area contributed by atoms with Crippen LogP contribution in [0.2, 0.25) is 0 Å². The average Bonchev–Trinajstić information content (AvgIpc) is 2.30. The molecule has 2 nitrogen and oxygen atoms in total. The van der Waals surface area contributed by atoms with Crippen molar-refractivity contribution < 1.29 is 9.84 Å². The van der Waals surface area contributed by atoms with Gasteiger partial charge in [0.15, 0.2) is 0 Å². The van der Waals surface area contributed by atoms with Crippen molar-refractivity contribution >= 4 is 0 Å². The van der Waals surface area contributed by atoms with E-state index in [1.807, 2.05) is 6.92 Å². The van der Waals surface area contributed by atoms with E-state index in [2.05, 4.69) is 20.4 Å². The Balaban J connectivity index is 2.59. The lowest BCUT2D eigenvalue weighted by atomic mass is 9.82. The van der Waals surface area contributed by atoms with E-state index in [-0.39, 0.29) is 11.5 Å². The largest absolute Gasteiger partial charge is 0.389 e. The van der Waals surface area contributed by atoms with Gasteiger partial charge >= 0.3 is 0 Å². The number of hydrogen-bond donors (Lipinski definition) is 1. The van der Waals surface area contributed by atoms with E-state index < -0.39 is 5.60 Å². The molecule has 0 saturated carbocycles. The van der Waals surface area contributed by atoms with E-state index in [4.69, 9.17) is 4.74 Å². The monoisotopic (exact) mass is 184 g/mol. The molecule has 1 heterocycles. The molecule has 13 heavy (non-hydrogen) atoms. The first-order chi connectivity index (χ1) is 5.87. The molecule has 0 aromatic rings. The van der Waals surface area contributed by atoms with E-state index in [9.17, 15) is 5.11 Å². The van der Waals surface area contributed by atoms with Crippen molar-refractivity contribution in [2.24, 2.45) is 5.92 Å². The highest BCUT2D eigenvalue weighted by Gasteiger charge is 2.41. The van der Waals surface area contributed by atoms with Gasteiger partial charge in [-0.1, -0.05) is 6.08 Å². The normalized spacial score (nSPS) is 31.2. The van der Waals surface area contributed by atoms with Crippen molar-refractivity contribution in [1.82, 2.24) is 0 Å². The van der Waals surface area contributed by atoms with Crippen LogP contribution >= 0.6 is 0 Å². The van der Waals surface area contributed by atoms with E-state index in [1.165, 1.54) is 0 Å². The van der Waals surface area contributed by atoms with Gasteiger partial charge in [0, 0.05) is 5.92 Å². The predicted molar refractivity (Wildman–Crippen MR) is 53.6 cm³/mol. The van der Waals surface area contributed by atoms with Gasteiger partial charge in [0.2, 0.25) is 0 Å². The molecular formula is C11H20O2. The lowest BCUT2D eigenvalue weighted by Gasteiger charge is -2.28. The maximum atomic E-state index is 10.1. The Morgan fingerprint density at radius 3 is 2.69 bits per heavy atom. The maximum Gasteiger partial charge on any atom is 0.0704 e. The summed E-state index contributed by atoms with van der Waals surface area (Å²) in [5.41, 5.74) is -0.731. The molecule has 0 aromatic carbocycles. The van der Waals surface area contributed by atoms with Crippen LogP contribution in [0.15, 0.2) is 12.7 Å². The lowest BCUT2D eigenvalue weighted by molar-refractivity contribution is -0.00738. The second-order valence-electron chi connectivity index (χ2n) is 4.82. The van der Waals surface area contributed by atoms with Crippen LogP contribution < -0.4 is 0 Å². The molecule has 0 spiro atoms. The molecule has 0 unspecified atom stereocenters. The van der Waals surface area contributed by atoms with Crippen LogP contribution in [0.25, 0.3) is 0 Å². The van der Waals surface area contributed by atoms with Crippen molar-refractivity contribution in [2.45, 2.75) is 44.8 Å². The fourth-order valence-electron chi connectivity index (χ4n) is 1.90. The number of rotatable bonds is 3.